The van der Waals surface area contributed by atoms with Crippen molar-refractivity contribution >= 4 is 11.5 Å². The topological polar surface area (TPSA) is 97.8 Å². The van der Waals surface area contributed by atoms with Crippen LogP contribution >= 0.6 is 0 Å². The number of rotatable bonds is 5. The van der Waals surface area contributed by atoms with E-state index in [9.17, 15) is 9.59 Å². The summed E-state index contributed by atoms with van der Waals surface area (Å²) in [5.74, 6) is 0.149. The fraction of sp³-hybridized carbons (Fsp3) is 0.333. The van der Waals surface area contributed by atoms with Crippen LogP contribution in [0.3, 0.4) is 0 Å². The number of aromatic amines is 1. The predicted octanol–water partition coefficient (Wildman–Crippen LogP) is 0.596. The fourth-order valence-electron chi connectivity index (χ4n) is 1.77. The van der Waals surface area contributed by atoms with E-state index in [1.54, 1.807) is 17.1 Å². The van der Waals surface area contributed by atoms with Crippen LogP contribution in [0.2, 0.25) is 0 Å². The summed E-state index contributed by atoms with van der Waals surface area (Å²) in [5.41, 5.74) is 7.93. The molecular weight excluding hydrogens is 246 g/mol. The third-order valence-corrected chi connectivity index (χ3v) is 2.82. The highest BCUT2D eigenvalue weighted by atomic mass is 16.2. The molecule has 0 bridgehead atoms. The fourth-order valence-corrected chi connectivity index (χ4v) is 1.77. The second kappa shape index (κ2) is 5.47. The molecular formula is C12H17N5O2. The van der Waals surface area contributed by atoms with Crippen LogP contribution in [0.4, 0.5) is 11.5 Å². The first kappa shape index (κ1) is 13.0. The highest BCUT2D eigenvalue weighted by Crippen LogP contribution is 2.11. The Morgan fingerprint density at radius 2 is 2.00 bits per heavy atom. The summed E-state index contributed by atoms with van der Waals surface area (Å²) in [6, 6.07) is 3.62. The van der Waals surface area contributed by atoms with Gasteiger partial charge < -0.3 is 5.73 Å². The van der Waals surface area contributed by atoms with E-state index in [0.29, 0.717) is 6.54 Å². The van der Waals surface area contributed by atoms with Crippen molar-refractivity contribution in [3.05, 3.63) is 45.4 Å². The molecule has 19 heavy (non-hydrogen) atoms. The standard InChI is InChI=1S/C12H17N5O2/c1-2-3-8-17-10(13)9(11(18)14-12(17)19)15-16-6-4-5-7-16/h4-7,15H,2-3,8,13H2,1H3,(H,14,18,19). The highest BCUT2D eigenvalue weighted by molar-refractivity contribution is 5.60. The van der Waals surface area contributed by atoms with Gasteiger partial charge in [-0.2, -0.15) is 0 Å². The summed E-state index contributed by atoms with van der Waals surface area (Å²) in [7, 11) is 0. The lowest BCUT2D eigenvalue weighted by molar-refractivity contribution is 0.605. The van der Waals surface area contributed by atoms with E-state index >= 15 is 0 Å². The largest absolute Gasteiger partial charge is 0.383 e. The van der Waals surface area contributed by atoms with Crippen molar-refractivity contribution < 1.29 is 0 Å². The van der Waals surface area contributed by atoms with Crippen LogP contribution in [0, 0.1) is 0 Å². The van der Waals surface area contributed by atoms with Gasteiger partial charge in [-0.15, -0.1) is 0 Å². The Hall–Kier alpha value is -2.44. The van der Waals surface area contributed by atoms with Gasteiger partial charge in [0.15, 0.2) is 5.69 Å². The minimum Gasteiger partial charge on any atom is -0.383 e. The lowest BCUT2D eigenvalue weighted by Crippen LogP contribution is -2.34. The molecule has 4 N–H and O–H groups in total. The molecule has 2 heterocycles. The quantitative estimate of drug-likeness (QED) is 0.735. The maximum Gasteiger partial charge on any atom is 0.330 e. The number of H-pyrrole nitrogens is 1. The molecule has 0 radical (unpaired) electrons. The summed E-state index contributed by atoms with van der Waals surface area (Å²) < 4.78 is 2.96. The molecule has 0 saturated carbocycles. The molecule has 0 aromatic carbocycles. The third-order valence-electron chi connectivity index (χ3n) is 2.82. The lowest BCUT2D eigenvalue weighted by Gasteiger charge is -2.14. The minimum absolute atomic E-state index is 0.149. The summed E-state index contributed by atoms with van der Waals surface area (Å²) in [4.78, 5) is 25.8. The van der Waals surface area contributed by atoms with Gasteiger partial charge in [-0.05, 0) is 18.6 Å². The van der Waals surface area contributed by atoms with E-state index in [2.05, 4.69) is 10.4 Å². The van der Waals surface area contributed by atoms with Crippen LogP contribution in [-0.2, 0) is 6.54 Å². The molecule has 2 aromatic heterocycles. The number of anilines is 2. The van der Waals surface area contributed by atoms with Gasteiger partial charge >= 0.3 is 5.69 Å². The molecule has 0 aliphatic heterocycles. The summed E-state index contributed by atoms with van der Waals surface area (Å²) >= 11 is 0. The number of hydrogen-bond donors (Lipinski definition) is 3. The van der Waals surface area contributed by atoms with Crippen molar-refractivity contribution in [3.8, 4) is 0 Å². The zero-order valence-electron chi connectivity index (χ0n) is 10.7. The van der Waals surface area contributed by atoms with Gasteiger partial charge in [0.2, 0.25) is 0 Å². The zero-order valence-corrected chi connectivity index (χ0v) is 10.7. The number of nitrogens with zero attached hydrogens (tertiary/aromatic N) is 2. The van der Waals surface area contributed by atoms with E-state index < -0.39 is 11.2 Å². The summed E-state index contributed by atoms with van der Waals surface area (Å²) in [6.07, 6.45) is 5.23. The molecule has 7 nitrogen and oxygen atoms in total. The summed E-state index contributed by atoms with van der Waals surface area (Å²) in [6.45, 7) is 2.50. The van der Waals surface area contributed by atoms with Crippen molar-refractivity contribution in [2.45, 2.75) is 26.3 Å². The van der Waals surface area contributed by atoms with Gasteiger partial charge in [0, 0.05) is 18.9 Å². The number of unbranched alkanes of at least 4 members (excludes halogenated alkanes) is 1. The molecule has 2 aromatic rings. The Balaban J connectivity index is 2.42. The van der Waals surface area contributed by atoms with E-state index in [1.807, 2.05) is 19.1 Å². The summed E-state index contributed by atoms with van der Waals surface area (Å²) in [5, 5.41) is 0. The molecule has 0 aliphatic carbocycles. The van der Waals surface area contributed by atoms with Crippen molar-refractivity contribution in [2.24, 2.45) is 0 Å². The van der Waals surface area contributed by atoms with Gasteiger partial charge in [-0.1, -0.05) is 13.3 Å². The van der Waals surface area contributed by atoms with Crippen molar-refractivity contribution in [1.82, 2.24) is 14.2 Å². The van der Waals surface area contributed by atoms with Crippen molar-refractivity contribution in [2.75, 3.05) is 11.2 Å². The van der Waals surface area contributed by atoms with Gasteiger partial charge in [-0.3, -0.25) is 24.4 Å². The van der Waals surface area contributed by atoms with Crippen molar-refractivity contribution in [3.63, 3.8) is 0 Å². The van der Waals surface area contributed by atoms with Gasteiger partial charge in [0.1, 0.15) is 5.82 Å². The Morgan fingerprint density at radius 1 is 1.32 bits per heavy atom. The molecule has 0 unspecified atom stereocenters. The first-order valence-corrected chi connectivity index (χ1v) is 6.16. The lowest BCUT2D eigenvalue weighted by atomic mass is 10.3. The van der Waals surface area contributed by atoms with Crippen LogP contribution in [0.25, 0.3) is 0 Å². The normalized spacial score (nSPS) is 10.6. The maximum atomic E-state index is 11.8. The second-order valence-corrected chi connectivity index (χ2v) is 4.23. The molecule has 0 saturated heterocycles. The molecule has 0 spiro atoms. The number of nitrogens with one attached hydrogen (secondary N) is 2. The molecule has 0 atom stereocenters. The Labute approximate surface area is 109 Å². The van der Waals surface area contributed by atoms with Crippen LogP contribution in [0.5, 0.6) is 0 Å². The van der Waals surface area contributed by atoms with E-state index in [1.165, 1.54) is 4.57 Å². The smallest absolute Gasteiger partial charge is 0.330 e. The van der Waals surface area contributed by atoms with Crippen LogP contribution < -0.4 is 22.4 Å². The van der Waals surface area contributed by atoms with E-state index in [0.717, 1.165) is 12.8 Å². The zero-order chi connectivity index (χ0) is 13.8. The molecule has 2 rings (SSSR count). The maximum absolute atomic E-state index is 11.8. The van der Waals surface area contributed by atoms with Gasteiger partial charge in [0.05, 0.1) is 0 Å². The Morgan fingerprint density at radius 3 is 2.63 bits per heavy atom. The minimum atomic E-state index is -0.524. The monoisotopic (exact) mass is 263 g/mol. The highest BCUT2D eigenvalue weighted by Gasteiger charge is 2.11. The van der Waals surface area contributed by atoms with Crippen LogP contribution in [-0.4, -0.2) is 14.2 Å². The van der Waals surface area contributed by atoms with Crippen LogP contribution in [0.15, 0.2) is 34.1 Å². The first-order chi connectivity index (χ1) is 9.13. The number of nitrogen functional groups attached to an aromatic ring is 1. The average molecular weight is 263 g/mol. The number of nitrogens with two attached hydrogens (primary N) is 1. The second-order valence-electron chi connectivity index (χ2n) is 4.23. The third kappa shape index (κ3) is 2.70. The number of hydrogen-bond acceptors (Lipinski definition) is 4. The van der Waals surface area contributed by atoms with Gasteiger partial charge in [0.25, 0.3) is 5.56 Å². The van der Waals surface area contributed by atoms with E-state index in [-0.39, 0.29) is 11.5 Å². The Bertz CT molecular complexity index is 654. The van der Waals surface area contributed by atoms with Gasteiger partial charge in [-0.25, -0.2) is 4.79 Å². The predicted molar refractivity (Wildman–Crippen MR) is 74.1 cm³/mol. The first-order valence-electron chi connectivity index (χ1n) is 6.16. The van der Waals surface area contributed by atoms with E-state index in [4.69, 9.17) is 5.73 Å². The van der Waals surface area contributed by atoms with Crippen LogP contribution in [0.1, 0.15) is 19.8 Å². The molecule has 0 amide bonds. The average Bonchev–Trinajstić information content (AvgIpc) is 2.87. The molecule has 0 aliphatic rings. The molecule has 0 fully saturated rings. The Kier molecular flexibility index (Phi) is 3.74. The molecule has 7 heteroatoms. The molecule has 102 valence electrons. The van der Waals surface area contributed by atoms with Crippen molar-refractivity contribution in [1.29, 1.82) is 0 Å². The SMILES string of the molecule is CCCCn1c(N)c(Nn2cccc2)c(=O)[nH]c1=O. The number of aromatic nitrogens is 3.